The third-order valence-corrected chi connectivity index (χ3v) is 2.66. The van der Waals surface area contributed by atoms with Crippen molar-refractivity contribution in [2.24, 2.45) is 11.8 Å². The zero-order valence-electron chi connectivity index (χ0n) is 9.07. The summed E-state index contributed by atoms with van der Waals surface area (Å²) in [7, 11) is 0. The van der Waals surface area contributed by atoms with E-state index in [-0.39, 0.29) is 5.91 Å². The van der Waals surface area contributed by atoms with E-state index in [1.54, 1.807) is 18.2 Å². The molecule has 0 spiro atoms. The van der Waals surface area contributed by atoms with E-state index >= 15 is 0 Å². The Hall–Kier alpha value is -1.62. The quantitative estimate of drug-likeness (QED) is 0.508. The lowest BCUT2D eigenvalue weighted by Gasteiger charge is -2.05. The van der Waals surface area contributed by atoms with Gasteiger partial charge in [-0.2, -0.15) is 0 Å². The normalized spacial score (nSPS) is 14.6. The molecule has 2 rings (SSSR count). The van der Waals surface area contributed by atoms with Gasteiger partial charge in [-0.1, -0.05) is 18.9 Å². The molecule has 0 aliphatic heterocycles. The average Bonchev–Trinajstić information content (AvgIpc) is 3.13. The smallest absolute Gasteiger partial charge is 0.269 e. The second-order valence-electron chi connectivity index (χ2n) is 4.04. The van der Waals surface area contributed by atoms with E-state index in [4.69, 9.17) is 5.84 Å². The molecule has 1 aromatic rings. The van der Waals surface area contributed by atoms with E-state index in [0.717, 1.165) is 18.9 Å². The molecule has 1 amide bonds. The van der Waals surface area contributed by atoms with Gasteiger partial charge in [0.1, 0.15) is 11.5 Å². The fourth-order valence-corrected chi connectivity index (χ4v) is 1.53. The molecule has 16 heavy (non-hydrogen) atoms. The summed E-state index contributed by atoms with van der Waals surface area (Å²) in [5.74, 6) is 6.40. The lowest BCUT2D eigenvalue weighted by atomic mass is 10.3. The number of pyridine rings is 1. The second kappa shape index (κ2) is 4.94. The largest absolute Gasteiger partial charge is 0.351 e. The lowest BCUT2D eigenvalue weighted by molar-refractivity contribution is 0.0948. The topological polar surface area (TPSA) is 80.0 Å². The summed E-state index contributed by atoms with van der Waals surface area (Å²) in [6, 6.07) is 5.13. The van der Waals surface area contributed by atoms with Crippen LogP contribution in [-0.4, -0.2) is 17.4 Å². The van der Waals surface area contributed by atoms with Gasteiger partial charge in [0.15, 0.2) is 0 Å². The van der Waals surface area contributed by atoms with E-state index in [1.165, 1.54) is 12.8 Å². The highest BCUT2D eigenvalue weighted by atomic mass is 16.1. The average molecular weight is 220 g/mol. The molecule has 0 saturated heterocycles. The molecule has 4 N–H and O–H groups in total. The number of nitrogens with two attached hydrogens (primary N) is 1. The van der Waals surface area contributed by atoms with E-state index < -0.39 is 0 Å². The monoisotopic (exact) mass is 220 g/mol. The van der Waals surface area contributed by atoms with Crippen molar-refractivity contribution in [1.82, 2.24) is 10.3 Å². The Balaban J connectivity index is 1.86. The molecule has 86 valence electrons. The Bertz CT molecular complexity index is 376. The van der Waals surface area contributed by atoms with Crippen LogP contribution in [0.2, 0.25) is 0 Å². The zero-order chi connectivity index (χ0) is 11.4. The molecule has 0 aromatic carbocycles. The maximum atomic E-state index is 11.7. The van der Waals surface area contributed by atoms with Crippen molar-refractivity contribution >= 4 is 11.7 Å². The first-order valence-electron chi connectivity index (χ1n) is 5.51. The number of nitrogens with zero attached hydrogens (tertiary/aromatic N) is 1. The summed E-state index contributed by atoms with van der Waals surface area (Å²) in [6.45, 7) is 0.728. The molecule has 1 saturated carbocycles. The Morgan fingerprint density at radius 1 is 1.50 bits per heavy atom. The fraction of sp³-hybridized carbons (Fsp3) is 0.455. The highest BCUT2D eigenvalue weighted by Crippen LogP contribution is 2.31. The Kier molecular flexibility index (Phi) is 3.36. The number of amides is 1. The first kappa shape index (κ1) is 10.9. The van der Waals surface area contributed by atoms with Crippen LogP contribution in [0.15, 0.2) is 18.2 Å². The number of anilines is 1. The van der Waals surface area contributed by atoms with Crippen molar-refractivity contribution in [3.05, 3.63) is 23.9 Å². The highest BCUT2D eigenvalue weighted by Gasteiger charge is 2.20. The summed E-state index contributed by atoms with van der Waals surface area (Å²) in [5.41, 5.74) is 2.81. The first-order chi connectivity index (χ1) is 7.79. The van der Waals surface area contributed by atoms with Crippen LogP contribution in [0.25, 0.3) is 0 Å². The fourth-order valence-electron chi connectivity index (χ4n) is 1.53. The van der Waals surface area contributed by atoms with E-state index in [2.05, 4.69) is 15.7 Å². The van der Waals surface area contributed by atoms with Gasteiger partial charge in [0.05, 0.1) is 0 Å². The maximum absolute atomic E-state index is 11.7. The van der Waals surface area contributed by atoms with Gasteiger partial charge in [-0.3, -0.25) is 4.79 Å². The lowest BCUT2D eigenvalue weighted by Crippen LogP contribution is -2.26. The van der Waals surface area contributed by atoms with Crippen LogP contribution < -0.4 is 16.6 Å². The standard InChI is InChI=1S/C11H16N4O/c12-15-10-3-1-2-9(14-10)11(16)13-7-6-8-4-5-8/h1-3,8H,4-7,12H2,(H,13,16)(H,14,15). The number of carbonyl (C=O) groups excluding carboxylic acids is 1. The van der Waals surface area contributed by atoms with Gasteiger partial charge in [0.25, 0.3) is 5.91 Å². The van der Waals surface area contributed by atoms with Crippen molar-refractivity contribution < 1.29 is 4.79 Å². The van der Waals surface area contributed by atoms with Gasteiger partial charge >= 0.3 is 0 Å². The van der Waals surface area contributed by atoms with E-state index in [0.29, 0.717) is 11.5 Å². The molecule has 0 unspecified atom stereocenters. The first-order valence-corrected chi connectivity index (χ1v) is 5.51. The Morgan fingerprint density at radius 3 is 3.00 bits per heavy atom. The van der Waals surface area contributed by atoms with Crippen molar-refractivity contribution in [3.63, 3.8) is 0 Å². The van der Waals surface area contributed by atoms with Crippen LogP contribution in [0.5, 0.6) is 0 Å². The molecule has 1 aliphatic rings. The summed E-state index contributed by atoms with van der Waals surface area (Å²) in [6.07, 6.45) is 3.68. The SMILES string of the molecule is NNc1cccc(C(=O)NCCC2CC2)n1. The minimum atomic E-state index is -0.141. The van der Waals surface area contributed by atoms with Crippen LogP contribution in [0.3, 0.4) is 0 Å². The summed E-state index contributed by atoms with van der Waals surface area (Å²) in [5, 5.41) is 2.85. The molecule has 0 bridgehead atoms. The number of hydrazine groups is 1. The number of carbonyl (C=O) groups is 1. The third-order valence-electron chi connectivity index (χ3n) is 2.66. The molecule has 0 radical (unpaired) electrons. The number of rotatable bonds is 5. The number of hydrogen-bond donors (Lipinski definition) is 3. The Labute approximate surface area is 94.4 Å². The van der Waals surface area contributed by atoms with Crippen LogP contribution >= 0.6 is 0 Å². The van der Waals surface area contributed by atoms with E-state index in [9.17, 15) is 4.79 Å². The van der Waals surface area contributed by atoms with Crippen LogP contribution in [-0.2, 0) is 0 Å². The summed E-state index contributed by atoms with van der Waals surface area (Å²) >= 11 is 0. The highest BCUT2D eigenvalue weighted by molar-refractivity contribution is 5.92. The van der Waals surface area contributed by atoms with Gasteiger partial charge in [0, 0.05) is 6.54 Å². The van der Waals surface area contributed by atoms with Gasteiger partial charge in [-0.25, -0.2) is 10.8 Å². The number of nitrogen functional groups attached to an aromatic ring is 1. The van der Waals surface area contributed by atoms with E-state index in [1.807, 2.05) is 0 Å². The molecule has 0 atom stereocenters. The zero-order valence-corrected chi connectivity index (χ0v) is 9.07. The van der Waals surface area contributed by atoms with Crippen molar-refractivity contribution in [2.75, 3.05) is 12.0 Å². The molecular weight excluding hydrogens is 204 g/mol. The van der Waals surface area contributed by atoms with Crippen LogP contribution in [0.1, 0.15) is 29.8 Å². The molecule has 1 fully saturated rings. The molecule has 5 heteroatoms. The molecule has 1 heterocycles. The Morgan fingerprint density at radius 2 is 2.31 bits per heavy atom. The van der Waals surface area contributed by atoms with Crippen molar-refractivity contribution in [3.8, 4) is 0 Å². The predicted molar refractivity (Wildman–Crippen MR) is 61.7 cm³/mol. The molecule has 1 aliphatic carbocycles. The summed E-state index contributed by atoms with van der Waals surface area (Å²) < 4.78 is 0. The summed E-state index contributed by atoms with van der Waals surface area (Å²) in [4.78, 5) is 15.7. The van der Waals surface area contributed by atoms with Crippen molar-refractivity contribution in [2.45, 2.75) is 19.3 Å². The van der Waals surface area contributed by atoms with Crippen molar-refractivity contribution in [1.29, 1.82) is 0 Å². The molecular formula is C11H16N4O. The van der Waals surface area contributed by atoms with Gasteiger partial charge in [-0.05, 0) is 24.5 Å². The number of aromatic nitrogens is 1. The van der Waals surface area contributed by atoms with Gasteiger partial charge in [0.2, 0.25) is 0 Å². The number of nitrogens with one attached hydrogen (secondary N) is 2. The minimum Gasteiger partial charge on any atom is -0.351 e. The van der Waals surface area contributed by atoms with Gasteiger partial charge < -0.3 is 10.7 Å². The molecule has 1 aromatic heterocycles. The third kappa shape index (κ3) is 2.93. The second-order valence-corrected chi connectivity index (χ2v) is 4.04. The molecule has 5 nitrogen and oxygen atoms in total. The van der Waals surface area contributed by atoms with Crippen LogP contribution in [0.4, 0.5) is 5.82 Å². The maximum Gasteiger partial charge on any atom is 0.269 e. The van der Waals surface area contributed by atoms with Gasteiger partial charge in [-0.15, -0.1) is 0 Å². The predicted octanol–water partition coefficient (Wildman–Crippen LogP) is 0.897. The minimum absolute atomic E-state index is 0.141. The van der Waals surface area contributed by atoms with Crippen LogP contribution in [0, 0.1) is 5.92 Å². The number of hydrogen-bond acceptors (Lipinski definition) is 4.